The first-order valence-electron chi connectivity index (χ1n) is 5.58. The van der Waals surface area contributed by atoms with Gasteiger partial charge in [-0.2, -0.15) is 0 Å². The minimum Gasteiger partial charge on any atom is -0.497 e. The van der Waals surface area contributed by atoms with Gasteiger partial charge in [0.1, 0.15) is 11.5 Å². The summed E-state index contributed by atoms with van der Waals surface area (Å²) in [6.07, 6.45) is 0.890. The SMILES string of the molecule is COc1cc(C)c(CCNCNN)c(OC)c1. The Morgan fingerprint density at radius 1 is 1.24 bits per heavy atom. The molecule has 0 atom stereocenters. The monoisotopic (exact) mass is 239 g/mol. The van der Waals surface area contributed by atoms with Gasteiger partial charge in [-0.1, -0.05) is 0 Å². The van der Waals surface area contributed by atoms with Crippen molar-refractivity contribution in [2.24, 2.45) is 5.84 Å². The highest BCUT2D eigenvalue weighted by atomic mass is 16.5. The van der Waals surface area contributed by atoms with Crippen LogP contribution >= 0.6 is 0 Å². The molecule has 0 saturated carbocycles. The van der Waals surface area contributed by atoms with Crippen LogP contribution in [-0.4, -0.2) is 27.4 Å². The molecule has 96 valence electrons. The maximum atomic E-state index is 5.38. The summed E-state index contributed by atoms with van der Waals surface area (Å²) in [7, 11) is 3.33. The molecule has 0 spiro atoms. The van der Waals surface area contributed by atoms with Crippen LogP contribution < -0.4 is 26.1 Å². The second-order valence-electron chi connectivity index (χ2n) is 3.76. The topological polar surface area (TPSA) is 68.5 Å². The second-order valence-corrected chi connectivity index (χ2v) is 3.76. The molecule has 0 aliphatic carbocycles. The van der Waals surface area contributed by atoms with Crippen molar-refractivity contribution >= 4 is 0 Å². The van der Waals surface area contributed by atoms with Crippen LogP contribution in [0.25, 0.3) is 0 Å². The molecule has 1 aromatic rings. The molecule has 5 nitrogen and oxygen atoms in total. The maximum absolute atomic E-state index is 5.38. The first kappa shape index (κ1) is 13.8. The van der Waals surface area contributed by atoms with E-state index in [0.717, 1.165) is 24.5 Å². The number of benzene rings is 1. The molecule has 0 heterocycles. The van der Waals surface area contributed by atoms with Crippen LogP contribution in [0.5, 0.6) is 11.5 Å². The number of hydrogen-bond donors (Lipinski definition) is 3. The van der Waals surface area contributed by atoms with Crippen molar-refractivity contribution in [2.45, 2.75) is 13.3 Å². The van der Waals surface area contributed by atoms with Crippen LogP contribution in [0.1, 0.15) is 11.1 Å². The van der Waals surface area contributed by atoms with Gasteiger partial charge in [0.2, 0.25) is 0 Å². The molecule has 0 fully saturated rings. The van der Waals surface area contributed by atoms with Crippen molar-refractivity contribution in [1.82, 2.24) is 10.7 Å². The van der Waals surface area contributed by atoms with E-state index >= 15 is 0 Å². The third-order valence-electron chi connectivity index (χ3n) is 2.64. The average Bonchev–Trinajstić information content (AvgIpc) is 2.35. The largest absolute Gasteiger partial charge is 0.497 e. The van der Waals surface area contributed by atoms with Crippen molar-refractivity contribution in [3.05, 3.63) is 23.3 Å². The van der Waals surface area contributed by atoms with Crippen molar-refractivity contribution in [2.75, 3.05) is 27.4 Å². The molecule has 0 saturated heterocycles. The molecule has 5 heteroatoms. The third kappa shape index (κ3) is 3.89. The number of methoxy groups -OCH3 is 2. The molecule has 17 heavy (non-hydrogen) atoms. The predicted octanol–water partition coefficient (Wildman–Crippen LogP) is 0.565. The summed E-state index contributed by atoms with van der Waals surface area (Å²) in [6.45, 7) is 3.49. The molecule has 4 N–H and O–H groups in total. The number of nitrogens with one attached hydrogen (secondary N) is 2. The summed E-state index contributed by atoms with van der Waals surface area (Å²) >= 11 is 0. The zero-order valence-corrected chi connectivity index (χ0v) is 10.7. The van der Waals surface area contributed by atoms with Crippen molar-refractivity contribution in [3.8, 4) is 11.5 Å². The molecule has 0 bridgehead atoms. The molecular weight excluding hydrogens is 218 g/mol. The number of nitrogens with two attached hydrogens (primary N) is 1. The summed E-state index contributed by atoms with van der Waals surface area (Å²) in [5.74, 6) is 6.86. The van der Waals surface area contributed by atoms with E-state index in [1.807, 2.05) is 12.1 Å². The molecule has 1 rings (SSSR count). The van der Waals surface area contributed by atoms with Crippen LogP contribution in [0.15, 0.2) is 12.1 Å². The molecule has 0 aliphatic heterocycles. The van der Waals surface area contributed by atoms with Gasteiger partial charge in [-0.05, 0) is 30.5 Å². The van der Waals surface area contributed by atoms with E-state index in [2.05, 4.69) is 17.7 Å². The Morgan fingerprint density at radius 2 is 2.00 bits per heavy atom. The third-order valence-corrected chi connectivity index (χ3v) is 2.64. The van der Waals surface area contributed by atoms with E-state index in [4.69, 9.17) is 15.3 Å². The van der Waals surface area contributed by atoms with Crippen LogP contribution in [0.3, 0.4) is 0 Å². The minimum atomic E-state index is 0.595. The first-order chi connectivity index (χ1) is 8.22. The first-order valence-corrected chi connectivity index (χ1v) is 5.58. The number of aryl methyl sites for hydroxylation is 1. The van der Waals surface area contributed by atoms with Gasteiger partial charge >= 0.3 is 0 Å². The Morgan fingerprint density at radius 3 is 2.59 bits per heavy atom. The van der Waals surface area contributed by atoms with E-state index in [1.54, 1.807) is 14.2 Å². The van der Waals surface area contributed by atoms with Crippen molar-refractivity contribution < 1.29 is 9.47 Å². The Bertz CT molecular complexity index is 356. The molecule has 0 radical (unpaired) electrons. The van der Waals surface area contributed by atoms with Crippen LogP contribution in [-0.2, 0) is 6.42 Å². The Labute approximate surface area is 102 Å². The molecule has 0 unspecified atom stereocenters. The fourth-order valence-electron chi connectivity index (χ4n) is 1.75. The quantitative estimate of drug-likeness (QED) is 0.281. The van der Waals surface area contributed by atoms with Gasteiger partial charge in [0.05, 0.1) is 20.9 Å². The highest BCUT2D eigenvalue weighted by Gasteiger charge is 2.08. The Hall–Kier alpha value is -1.30. The molecular formula is C12H21N3O2. The zero-order chi connectivity index (χ0) is 12.7. The summed E-state index contributed by atoms with van der Waals surface area (Å²) in [6, 6.07) is 3.92. The normalized spacial score (nSPS) is 10.4. The smallest absolute Gasteiger partial charge is 0.126 e. The highest BCUT2D eigenvalue weighted by molar-refractivity contribution is 5.46. The lowest BCUT2D eigenvalue weighted by Gasteiger charge is -2.14. The van der Waals surface area contributed by atoms with Crippen LogP contribution in [0.4, 0.5) is 0 Å². The average molecular weight is 239 g/mol. The van der Waals surface area contributed by atoms with E-state index in [1.165, 1.54) is 11.1 Å². The van der Waals surface area contributed by atoms with Crippen LogP contribution in [0.2, 0.25) is 0 Å². The lowest BCUT2D eigenvalue weighted by Crippen LogP contribution is -2.34. The molecule has 1 aromatic carbocycles. The highest BCUT2D eigenvalue weighted by Crippen LogP contribution is 2.28. The Kier molecular flexibility index (Phi) is 5.76. The van der Waals surface area contributed by atoms with Gasteiger partial charge in [0, 0.05) is 12.6 Å². The fourth-order valence-corrected chi connectivity index (χ4v) is 1.75. The second kappa shape index (κ2) is 7.11. The van der Waals surface area contributed by atoms with Gasteiger partial charge < -0.3 is 14.8 Å². The minimum absolute atomic E-state index is 0.595. The van der Waals surface area contributed by atoms with E-state index < -0.39 is 0 Å². The van der Waals surface area contributed by atoms with E-state index in [9.17, 15) is 0 Å². The number of hydrogen-bond acceptors (Lipinski definition) is 5. The van der Waals surface area contributed by atoms with Gasteiger partial charge in [-0.3, -0.25) is 5.84 Å². The maximum Gasteiger partial charge on any atom is 0.126 e. The number of rotatable bonds is 7. The van der Waals surface area contributed by atoms with Crippen molar-refractivity contribution in [3.63, 3.8) is 0 Å². The summed E-state index contributed by atoms with van der Waals surface area (Å²) < 4.78 is 10.6. The lowest BCUT2D eigenvalue weighted by molar-refractivity contribution is 0.390. The van der Waals surface area contributed by atoms with Gasteiger partial charge in [0.25, 0.3) is 0 Å². The number of ether oxygens (including phenoxy) is 2. The van der Waals surface area contributed by atoms with Gasteiger partial charge in [-0.25, -0.2) is 5.43 Å². The predicted molar refractivity (Wildman–Crippen MR) is 68.2 cm³/mol. The van der Waals surface area contributed by atoms with E-state index in [0.29, 0.717) is 6.67 Å². The summed E-state index contributed by atoms with van der Waals surface area (Å²) in [4.78, 5) is 0. The summed E-state index contributed by atoms with van der Waals surface area (Å²) in [5.41, 5.74) is 4.92. The molecule has 0 amide bonds. The standard InChI is InChI=1S/C12H21N3O2/c1-9-6-10(16-2)7-12(17-3)11(9)4-5-14-8-15-13/h6-7,14-15H,4-5,8,13H2,1-3H3. The van der Waals surface area contributed by atoms with E-state index in [-0.39, 0.29) is 0 Å². The lowest BCUT2D eigenvalue weighted by atomic mass is 10.0. The van der Waals surface area contributed by atoms with Gasteiger partial charge in [-0.15, -0.1) is 0 Å². The summed E-state index contributed by atoms with van der Waals surface area (Å²) in [5, 5.41) is 3.17. The zero-order valence-electron chi connectivity index (χ0n) is 10.7. The Balaban J connectivity index is 2.75. The molecule has 0 aliphatic rings. The molecule has 0 aromatic heterocycles. The fraction of sp³-hybridized carbons (Fsp3) is 0.500. The van der Waals surface area contributed by atoms with Gasteiger partial charge in [0.15, 0.2) is 0 Å². The van der Waals surface area contributed by atoms with Crippen LogP contribution in [0, 0.1) is 6.92 Å². The number of hydrazine groups is 1. The van der Waals surface area contributed by atoms with Crippen molar-refractivity contribution in [1.29, 1.82) is 0 Å².